The van der Waals surface area contributed by atoms with E-state index in [1.54, 1.807) is 0 Å². The second kappa shape index (κ2) is 6.19. The summed E-state index contributed by atoms with van der Waals surface area (Å²) < 4.78 is 131. The SMILES string of the molecule is O=C(OI(OC(=O)C(F)(F)F)C(F)(F)C(F)(F)F)C(F)(F)F. The normalized spacial score (nSPS) is 14.4. The Bertz CT molecular complexity index is 407. The molecule has 0 amide bonds. The summed E-state index contributed by atoms with van der Waals surface area (Å²) in [6, 6.07) is 0. The third kappa shape index (κ3) is 5.27. The molecule has 0 saturated heterocycles. The Morgan fingerprint density at radius 1 is 0.636 bits per heavy atom. The van der Waals surface area contributed by atoms with Crippen molar-refractivity contribution in [3.63, 3.8) is 0 Å². The van der Waals surface area contributed by atoms with Crippen LogP contribution in [0.2, 0.25) is 0 Å². The second-order valence-corrected chi connectivity index (χ2v) is 6.41. The molecule has 22 heavy (non-hydrogen) atoms. The van der Waals surface area contributed by atoms with Gasteiger partial charge in [-0.1, -0.05) is 0 Å². The molecule has 132 valence electrons. The summed E-state index contributed by atoms with van der Waals surface area (Å²) in [5, 5.41) is 0. The molecule has 0 radical (unpaired) electrons. The van der Waals surface area contributed by atoms with Crippen LogP contribution in [0.4, 0.5) is 48.3 Å². The average Bonchev–Trinajstić information content (AvgIpc) is 2.23. The summed E-state index contributed by atoms with van der Waals surface area (Å²) in [4.78, 5) is 20.4. The summed E-state index contributed by atoms with van der Waals surface area (Å²) in [5.41, 5.74) is 0. The van der Waals surface area contributed by atoms with Crippen LogP contribution in [0.5, 0.6) is 0 Å². The van der Waals surface area contributed by atoms with Crippen molar-refractivity contribution in [3.8, 4) is 0 Å². The Kier molecular flexibility index (Phi) is 5.88. The minimum absolute atomic E-state index is 2.65. The van der Waals surface area contributed by atoms with E-state index in [-0.39, 0.29) is 0 Å². The first-order valence-corrected chi connectivity index (χ1v) is 6.98. The maximum absolute atomic E-state index is 12.7. The Morgan fingerprint density at radius 2 is 0.909 bits per heavy atom. The third-order valence-electron chi connectivity index (χ3n) is 1.26. The van der Waals surface area contributed by atoms with Gasteiger partial charge in [0.05, 0.1) is 0 Å². The first-order chi connectivity index (χ1) is 9.40. The number of hydrogen-bond acceptors (Lipinski definition) is 4. The number of hydrogen-bond donors (Lipinski definition) is 0. The Morgan fingerprint density at radius 3 is 1.09 bits per heavy atom. The van der Waals surface area contributed by atoms with Crippen molar-refractivity contribution in [2.45, 2.75) is 22.5 Å². The first-order valence-electron chi connectivity index (χ1n) is 4.14. The Labute approximate surface area is 120 Å². The van der Waals surface area contributed by atoms with Gasteiger partial charge in [0.1, 0.15) is 0 Å². The van der Waals surface area contributed by atoms with E-state index >= 15 is 0 Å². The molecule has 4 nitrogen and oxygen atoms in total. The number of carbonyl (C=O) groups is 2. The van der Waals surface area contributed by atoms with Crippen molar-refractivity contribution in [1.29, 1.82) is 0 Å². The summed E-state index contributed by atoms with van der Waals surface area (Å²) in [6.45, 7) is 0. The minimum atomic E-state index is -6.71. The molecule has 0 fully saturated rings. The van der Waals surface area contributed by atoms with E-state index in [1.807, 2.05) is 0 Å². The van der Waals surface area contributed by atoms with E-state index in [0.29, 0.717) is 0 Å². The molecule has 0 N–H and O–H groups in total. The van der Waals surface area contributed by atoms with Gasteiger partial charge in [-0.05, 0) is 0 Å². The standard InChI is InChI=1S/C6F11IO4/c7-3(8,9)1(19)21-18(6(16,17)5(13,14)15)22-2(20)4(10,11)12. The number of alkyl halides is 12. The maximum atomic E-state index is 12.7. The van der Waals surface area contributed by atoms with Crippen LogP contribution in [0.1, 0.15) is 0 Å². The van der Waals surface area contributed by atoms with E-state index < -0.39 is 55.0 Å². The summed E-state index contributed by atoms with van der Waals surface area (Å²) in [5.74, 6) is -7.31. The molecule has 0 saturated carbocycles. The van der Waals surface area contributed by atoms with Crippen LogP contribution in [0.3, 0.4) is 0 Å². The predicted octanol–water partition coefficient (Wildman–Crippen LogP) is 3.69. The van der Waals surface area contributed by atoms with Crippen LogP contribution in [0.15, 0.2) is 0 Å². The summed E-state index contributed by atoms with van der Waals surface area (Å²) in [7, 11) is 0. The number of carbonyl (C=O) groups excluding carboxylic acids is 2. The van der Waals surface area contributed by atoms with Gasteiger partial charge >= 0.3 is 119 Å². The quantitative estimate of drug-likeness (QED) is 0.358. The van der Waals surface area contributed by atoms with E-state index in [4.69, 9.17) is 0 Å². The van der Waals surface area contributed by atoms with Crippen molar-refractivity contribution in [3.05, 3.63) is 0 Å². The molecular formula is C6F11IO4. The van der Waals surface area contributed by atoms with Crippen molar-refractivity contribution >= 4 is 32.6 Å². The van der Waals surface area contributed by atoms with Crippen LogP contribution < -0.4 is 0 Å². The summed E-state index contributed by atoms with van der Waals surface area (Å²) >= 11 is -6.69. The molecule has 0 aliphatic heterocycles. The van der Waals surface area contributed by atoms with Gasteiger partial charge in [0.2, 0.25) is 0 Å². The molecule has 0 unspecified atom stereocenters. The molecule has 0 rings (SSSR count). The monoisotopic (exact) mass is 472 g/mol. The van der Waals surface area contributed by atoms with Gasteiger partial charge < -0.3 is 0 Å². The van der Waals surface area contributed by atoms with Gasteiger partial charge in [-0.15, -0.1) is 0 Å². The molecule has 0 aromatic rings. The van der Waals surface area contributed by atoms with Crippen molar-refractivity contribution in [1.82, 2.24) is 0 Å². The van der Waals surface area contributed by atoms with Gasteiger partial charge in [-0.2, -0.15) is 0 Å². The first kappa shape index (κ1) is 20.9. The van der Waals surface area contributed by atoms with Crippen LogP contribution >= 0.6 is 20.6 Å². The van der Waals surface area contributed by atoms with Gasteiger partial charge in [-0.3, -0.25) is 0 Å². The fourth-order valence-corrected chi connectivity index (χ4v) is 2.78. The molecule has 0 aliphatic rings. The molecular weight excluding hydrogens is 472 g/mol. The van der Waals surface area contributed by atoms with Gasteiger partial charge in [0.25, 0.3) is 0 Å². The molecule has 0 aromatic heterocycles. The van der Waals surface area contributed by atoms with Gasteiger partial charge in [0.15, 0.2) is 0 Å². The molecule has 0 spiro atoms. The molecule has 0 aromatic carbocycles. The van der Waals surface area contributed by atoms with Crippen LogP contribution in [-0.2, 0) is 15.7 Å². The van der Waals surface area contributed by atoms with E-state index in [0.717, 1.165) is 0 Å². The van der Waals surface area contributed by atoms with Crippen LogP contribution in [-0.4, -0.2) is 34.4 Å². The zero-order valence-corrected chi connectivity index (χ0v) is 11.3. The van der Waals surface area contributed by atoms with Crippen molar-refractivity contribution in [2.24, 2.45) is 0 Å². The fourth-order valence-electron chi connectivity index (χ4n) is 0.415. The zero-order chi connectivity index (χ0) is 18.1. The number of halogens is 12. The van der Waals surface area contributed by atoms with E-state index in [9.17, 15) is 57.9 Å². The summed E-state index contributed by atoms with van der Waals surface area (Å²) in [6.07, 6.45) is -18.9. The third-order valence-corrected chi connectivity index (χ3v) is 4.58. The molecule has 0 atom stereocenters. The van der Waals surface area contributed by atoms with Gasteiger partial charge in [0, 0.05) is 0 Å². The number of rotatable bonds is 3. The second-order valence-electron chi connectivity index (χ2n) is 2.94. The molecule has 16 heteroatoms. The van der Waals surface area contributed by atoms with E-state index in [2.05, 4.69) is 6.13 Å². The predicted molar refractivity (Wildman–Crippen MR) is 49.3 cm³/mol. The topological polar surface area (TPSA) is 52.6 Å². The van der Waals surface area contributed by atoms with Crippen LogP contribution in [0.25, 0.3) is 0 Å². The van der Waals surface area contributed by atoms with Gasteiger partial charge in [-0.25, -0.2) is 0 Å². The van der Waals surface area contributed by atoms with Crippen molar-refractivity contribution in [2.75, 3.05) is 0 Å². The molecule has 0 aliphatic carbocycles. The molecule has 0 bridgehead atoms. The molecule has 0 heterocycles. The van der Waals surface area contributed by atoms with Crippen LogP contribution in [0, 0.1) is 0 Å². The van der Waals surface area contributed by atoms with Crippen molar-refractivity contribution < 1.29 is 64.0 Å². The van der Waals surface area contributed by atoms with E-state index in [1.165, 1.54) is 0 Å². The zero-order valence-electron chi connectivity index (χ0n) is 9.17. The Hall–Kier alpha value is -1.10. The Balaban J connectivity index is 5.53. The average molecular weight is 472 g/mol. The fraction of sp³-hybridized carbons (Fsp3) is 0.667.